The van der Waals surface area contributed by atoms with Crippen molar-refractivity contribution in [1.82, 2.24) is 0 Å². The molecular formula is H2Cd2PbZn2. The Labute approximate surface area is 118 Å². The summed E-state index contributed by atoms with van der Waals surface area (Å²) in [6.07, 6.45) is 0. The first-order valence-corrected chi connectivity index (χ1v) is 0. The maximum atomic E-state index is 0. The fourth-order valence-electron chi connectivity index (χ4n) is 0. The third-order valence-corrected chi connectivity index (χ3v) is 0. The summed E-state index contributed by atoms with van der Waals surface area (Å²) in [6, 6.07) is 0. The summed E-state index contributed by atoms with van der Waals surface area (Å²) in [5.74, 6) is 0. The van der Waals surface area contributed by atoms with E-state index in [9.17, 15) is 0 Å². The Bertz CT molecular complexity index is 7.61. The van der Waals surface area contributed by atoms with Gasteiger partial charge in [-0.1, -0.05) is 0 Å². The fraction of sp³-hybridized carbons (Fsp3) is 0. The molecule has 0 amide bonds. The van der Waals surface area contributed by atoms with Crippen molar-refractivity contribution in [3.63, 3.8) is 0 Å². The molecule has 0 aliphatic carbocycles. The van der Waals surface area contributed by atoms with Crippen LogP contribution in [0.2, 0.25) is 0 Å². The summed E-state index contributed by atoms with van der Waals surface area (Å²) in [6.45, 7) is 0. The van der Waals surface area contributed by atoms with Gasteiger partial charge in [-0.05, 0) is 0 Å². The molecule has 0 aliphatic rings. The predicted octanol–water partition coefficient (Wildman–Crippen LogP) is -0.926. The van der Waals surface area contributed by atoms with E-state index in [1.165, 1.54) is 0 Å². The molecule has 0 aromatic heterocycles. The smallest absolute Gasteiger partial charge is 0 e. The zero-order valence-corrected chi connectivity index (χ0v) is 23.0. The first-order valence-electron chi connectivity index (χ1n) is 0. The van der Waals surface area contributed by atoms with E-state index in [1.807, 2.05) is 0 Å². The summed E-state index contributed by atoms with van der Waals surface area (Å²) >= 11 is 0. The zero-order valence-electron chi connectivity index (χ0n) is 3.54. The van der Waals surface area contributed by atoms with Crippen LogP contribution in [0.25, 0.3) is 0 Å². The molecule has 0 rings (SSSR count). The maximum Gasteiger partial charge on any atom is 0 e. The van der Waals surface area contributed by atoms with Gasteiger partial charge in [0.25, 0.3) is 0 Å². The molecule has 5 heavy (non-hydrogen) atoms. The van der Waals surface area contributed by atoms with Crippen LogP contribution in [0.5, 0.6) is 0 Å². The second-order valence-corrected chi connectivity index (χ2v) is 0. The van der Waals surface area contributed by atoms with Crippen LogP contribution in [0.4, 0.5) is 0 Å². The minimum absolute atomic E-state index is 0. The normalized spacial score (nSPS) is 0. The van der Waals surface area contributed by atoms with Crippen LogP contribution in [0.1, 0.15) is 0 Å². The van der Waals surface area contributed by atoms with Crippen LogP contribution >= 0.6 is 0 Å². The maximum absolute atomic E-state index is 0. The van der Waals surface area contributed by atoms with E-state index in [4.69, 9.17) is 0 Å². The summed E-state index contributed by atoms with van der Waals surface area (Å²) in [4.78, 5) is 0. The quantitative estimate of drug-likeness (QED) is 0.334. The van der Waals surface area contributed by atoms with Crippen molar-refractivity contribution in [1.29, 1.82) is 0 Å². The molecule has 0 saturated carbocycles. The fourth-order valence-corrected chi connectivity index (χ4v) is 0. The molecule has 0 aliphatic heterocycles. The van der Waals surface area contributed by atoms with Gasteiger partial charge in [-0.2, -0.15) is 0 Å². The van der Waals surface area contributed by atoms with Crippen LogP contribution in [0.3, 0.4) is 0 Å². The molecule has 0 N–H and O–H groups in total. The topological polar surface area (TPSA) is 0 Å². The monoisotopic (exact) mass is 566 g/mol. The molecule has 2 radical (unpaired) electrons. The van der Waals surface area contributed by atoms with Gasteiger partial charge < -0.3 is 0 Å². The summed E-state index contributed by atoms with van der Waals surface area (Å²) in [5, 5.41) is 0. The van der Waals surface area contributed by atoms with Crippen molar-refractivity contribution < 1.29 is 93.6 Å². The van der Waals surface area contributed by atoms with E-state index < -0.39 is 0 Å². The summed E-state index contributed by atoms with van der Waals surface area (Å²) in [5.41, 5.74) is 0. The van der Waals surface area contributed by atoms with Gasteiger partial charge in [0, 0.05) is 93.6 Å². The molecule has 5 heteroatoms. The van der Waals surface area contributed by atoms with Crippen molar-refractivity contribution in [3.05, 3.63) is 0 Å². The van der Waals surface area contributed by atoms with E-state index >= 15 is 0 Å². The summed E-state index contributed by atoms with van der Waals surface area (Å²) in [7, 11) is 0. The van der Waals surface area contributed by atoms with Gasteiger partial charge in [0.05, 0.1) is 0 Å². The number of rotatable bonds is 0. The molecule has 0 saturated heterocycles. The Morgan fingerprint density at radius 3 is 0.600 bits per heavy atom. The average molecular weight is 565 g/mol. The van der Waals surface area contributed by atoms with Crippen LogP contribution < -0.4 is 0 Å². The Morgan fingerprint density at radius 2 is 0.600 bits per heavy atom. The molecule has 14 valence electrons. The van der Waals surface area contributed by atoms with Crippen molar-refractivity contribution in [2.24, 2.45) is 0 Å². The van der Waals surface area contributed by atoms with Crippen LogP contribution in [-0.2, 0) is 93.6 Å². The Kier molecular flexibility index (Phi) is 176. The second-order valence-electron chi connectivity index (χ2n) is 0. The molecule has 0 fully saturated rings. The van der Waals surface area contributed by atoms with E-state index in [1.54, 1.807) is 0 Å². The van der Waals surface area contributed by atoms with E-state index in [2.05, 4.69) is 0 Å². The Morgan fingerprint density at radius 1 is 0.600 bits per heavy atom. The van der Waals surface area contributed by atoms with Crippen molar-refractivity contribution >= 4 is 27.3 Å². The third kappa shape index (κ3) is 18.0. The van der Waals surface area contributed by atoms with E-state index in [0.717, 1.165) is 0 Å². The molecule has 0 atom stereocenters. The second kappa shape index (κ2) is 24.5. The van der Waals surface area contributed by atoms with Crippen LogP contribution in [0.15, 0.2) is 0 Å². The first kappa shape index (κ1) is 35.9. The van der Waals surface area contributed by atoms with Gasteiger partial charge in [0.15, 0.2) is 0 Å². The Hall–Kier alpha value is 4.01. The largest absolute Gasteiger partial charge is 0 e. The van der Waals surface area contributed by atoms with Crippen LogP contribution in [0, 0.1) is 0 Å². The SMILES string of the molecule is [Cd].[Cd].[PbH2].[Zn].[Zn]. The number of hydrogen-bond donors (Lipinski definition) is 0. The van der Waals surface area contributed by atoms with Crippen molar-refractivity contribution in [2.45, 2.75) is 0 Å². The van der Waals surface area contributed by atoms with E-state index in [0.29, 0.717) is 0 Å². The van der Waals surface area contributed by atoms with Gasteiger partial charge in [-0.15, -0.1) is 0 Å². The molecule has 0 heterocycles. The molecule has 0 nitrogen and oxygen atoms in total. The molecule has 0 aromatic rings. The van der Waals surface area contributed by atoms with E-state index in [-0.39, 0.29) is 121 Å². The summed E-state index contributed by atoms with van der Waals surface area (Å²) < 4.78 is 0. The predicted molar refractivity (Wildman–Crippen MR) is 8.54 cm³/mol. The van der Waals surface area contributed by atoms with Crippen molar-refractivity contribution in [2.75, 3.05) is 0 Å². The Balaban J connectivity index is 0. The molecule has 0 unspecified atom stereocenters. The molecular weight excluding hydrogens is 563 g/mol. The molecule has 0 aromatic carbocycles. The zero-order chi connectivity index (χ0) is 0. The number of hydrogen-bond acceptors (Lipinski definition) is 0. The standard InChI is InChI=1S/2Cd.Pb.2Zn.2H. The van der Waals surface area contributed by atoms with Gasteiger partial charge in [-0.25, -0.2) is 0 Å². The van der Waals surface area contributed by atoms with Crippen molar-refractivity contribution in [3.8, 4) is 0 Å². The minimum Gasteiger partial charge on any atom is 0 e. The minimum atomic E-state index is 0. The van der Waals surface area contributed by atoms with Gasteiger partial charge in [-0.3, -0.25) is 0 Å². The van der Waals surface area contributed by atoms with Gasteiger partial charge >= 0.3 is 27.3 Å². The van der Waals surface area contributed by atoms with Crippen LogP contribution in [-0.4, -0.2) is 27.3 Å². The molecule has 0 spiro atoms. The van der Waals surface area contributed by atoms with Gasteiger partial charge in [0.2, 0.25) is 0 Å². The third-order valence-electron chi connectivity index (χ3n) is 0. The average Bonchev–Trinajstić information content (AvgIpc) is 0. The molecule has 0 bridgehead atoms. The first-order chi connectivity index (χ1) is 0. The van der Waals surface area contributed by atoms with Gasteiger partial charge in [0.1, 0.15) is 0 Å².